The van der Waals surface area contributed by atoms with Crippen molar-refractivity contribution < 1.29 is 28.4 Å². The third kappa shape index (κ3) is 17.4. The molecule has 10 N–H and O–H groups in total. The van der Waals surface area contributed by atoms with E-state index in [9.17, 15) is 4.79 Å². The first-order valence-electron chi connectivity index (χ1n) is 4.88. The SMILES string of the molecule is N=C(N)NCCC[C@H](N)C(=O)O.O[Si](O)(O)O[SiH3]. The Morgan fingerprint density at radius 3 is 2.22 bits per heavy atom. The second-order valence-electron chi connectivity index (χ2n) is 3.21. The smallest absolute Gasteiger partial charge is 0.480 e. The highest BCUT2D eigenvalue weighted by molar-refractivity contribution is 6.52. The van der Waals surface area contributed by atoms with Crippen molar-refractivity contribution in [1.29, 1.82) is 5.41 Å². The summed E-state index contributed by atoms with van der Waals surface area (Å²) in [6, 6.07) is -0.821. The van der Waals surface area contributed by atoms with Gasteiger partial charge in [-0.15, -0.1) is 0 Å². The van der Waals surface area contributed by atoms with E-state index in [0.29, 0.717) is 19.4 Å². The summed E-state index contributed by atoms with van der Waals surface area (Å²) >= 11 is 0. The second-order valence-corrected chi connectivity index (χ2v) is 5.99. The summed E-state index contributed by atoms with van der Waals surface area (Å²) in [6.07, 6.45) is 0.975. The number of nitrogens with one attached hydrogen (secondary N) is 2. The third-order valence-corrected chi connectivity index (χ3v) is 3.79. The van der Waals surface area contributed by atoms with Crippen LogP contribution in [0.3, 0.4) is 0 Å². The van der Waals surface area contributed by atoms with E-state index in [1.54, 1.807) is 0 Å². The van der Waals surface area contributed by atoms with Gasteiger partial charge in [-0.2, -0.15) is 0 Å². The molecule has 0 bridgehead atoms. The fraction of sp³-hybridized carbons (Fsp3) is 0.667. The molecule has 0 saturated carbocycles. The molecule has 0 heterocycles. The summed E-state index contributed by atoms with van der Waals surface area (Å²) in [7, 11) is -3.91. The summed E-state index contributed by atoms with van der Waals surface area (Å²) in [5, 5.41) is 17.7. The Bertz CT molecular complexity index is 261. The summed E-state index contributed by atoms with van der Waals surface area (Å²) in [6.45, 7) is 0.482. The lowest BCUT2D eigenvalue weighted by atomic mass is 10.2. The fourth-order valence-corrected chi connectivity index (χ4v) is 0.669. The summed E-state index contributed by atoms with van der Waals surface area (Å²) in [4.78, 5) is 33.9. The zero-order chi connectivity index (χ0) is 14.8. The molecule has 0 saturated heterocycles. The van der Waals surface area contributed by atoms with Crippen molar-refractivity contribution in [1.82, 2.24) is 5.32 Å². The van der Waals surface area contributed by atoms with Crippen LogP contribution in [0.4, 0.5) is 0 Å². The number of carboxylic acid groups (broad SMARTS) is 1. The van der Waals surface area contributed by atoms with Crippen molar-refractivity contribution in [3.05, 3.63) is 0 Å². The number of aliphatic carboxylic acids is 1. The van der Waals surface area contributed by atoms with Crippen LogP contribution < -0.4 is 16.8 Å². The van der Waals surface area contributed by atoms with E-state index in [0.717, 1.165) is 0 Å². The zero-order valence-corrected chi connectivity index (χ0v) is 13.0. The van der Waals surface area contributed by atoms with Gasteiger partial charge >= 0.3 is 15.0 Å². The van der Waals surface area contributed by atoms with Crippen molar-refractivity contribution in [2.24, 2.45) is 11.5 Å². The highest BCUT2D eigenvalue weighted by Crippen LogP contribution is 1.92. The maximum Gasteiger partial charge on any atom is 0.660 e. The Morgan fingerprint density at radius 2 is 1.94 bits per heavy atom. The van der Waals surface area contributed by atoms with Crippen molar-refractivity contribution >= 4 is 31.5 Å². The molecule has 12 heteroatoms. The summed E-state index contributed by atoms with van der Waals surface area (Å²) < 4.78 is 3.88. The van der Waals surface area contributed by atoms with Gasteiger partial charge in [0, 0.05) is 6.54 Å². The fourth-order valence-electron chi connectivity index (χ4n) is 0.669. The lowest BCUT2D eigenvalue weighted by molar-refractivity contribution is -0.138. The number of hydrogen-bond donors (Lipinski definition) is 8. The molecule has 1 atom stereocenters. The first-order valence-corrected chi connectivity index (χ1v) is 7.45. The summed E-state index contributed by atoms with van der Waals surface area (Å²) in [5.41, 5.74) is 10.2. The Balaban J connectivity index is 0. The van der Waals surface area contributed by atoms with E-state index in [2.05, 4.69) is 9.43 Å². The van der Waals surface area contributed by atoms with Crippen LogP contribution in [0.15, 0.2) is 0 Å². The maximum absolute atomic E-state index is 10.2. The third-order valence-electron chi connectivity index (χ3n) is 1.60. The monoisotopic (exact) mass is 300 g/mol. The number of carbonyl (C=O) groups is 1. The Hall–Kier alpha value is -1.03. The topological polar surface area (TPSA) is 195 Å². The average Bonchev–Trinajstić information content (AvgIpc) is 2.23. The van der Waals surface area contributed by atoms with Crippen LogP contribution in [0, 0.1) is 5.41 Å². The van der Waals surface area contributed by atoms with Gasteiger partial charge in [0.1, 0.15) is 16.5 Å². The summed E-state index contributed by atoms with van der Waals surface area (Å²) in [5.74, 6) is -1.11. The van der Waals surface area contributed by atoms with Gasteiger partial charge in [-0.3, -0.25) is 10.2 Å². The minimum atomic E-state index is -4.07. The molecule has 0 amide bonds. The molecule has 10 nitrogen and oxygen atoms in total. The molecule has 0 aliphatic carbocycles. The van der Waals surface area contributed by atoms with E-state index in [-0.39, 0.29) is 16.4 Å². The standard InChI is InChI=1S/C6H14N4O2.H6O4Si2/c7-4(5(11)12)2-1-3-10-6(8)9;1-6(2,3)4-5/h4H,1-3,7H2,(H,11,12)(H4,8,9,10);1-3H,5H3/t4-;/m0./s1. The molecule has 0 rings (SSSR count). The molecule has 18 heavy (non-hydrogen) atoms. The number of hydrogen-bond acceptors (Lipinski definition) is 7. The van der Waals surface area contributed by atoms with E-state index >= 15 is 0 Å². The molecular weight excluding hydrogens is 280 g/mol. The number of guanidine groups is 1. The minimum absolute atomic E-state index is 0.112. The first-order chi connectivity index (χ1) is 8.10. The van der Waals surface area contributed by atoms with Crippen molar-refractivity contribution in [3.63, 3.8) is 0 Å². The first kappa shape index (κ1) is 19.3. The quantitative estimate of drug-likeness (QED) is 0.103. The van der Waals surface area contributed by atoms with E-state index < -0.39 is 21.1 Å². The van der Waals surface area contributed by atoms with Crippen LogP contribution in [-0.4, -0.2) is 63.5 Å². The second kappa shape index (κ2) is 9.95. The molecule has 0 fully saturated rings. The van der Waals surface area contributed by atoms with Gasteiger partial charge < -0.3 is 40.4 Å². The van der Waals surface area contributed by atoms with Crippen molar-refractivity contribution in [2.45, 2.75) is 18.9 Å². The number of carboxylic acids is 1. The molecule has 0 unspecified atom stereocenters. The van der Waals surface area contributed by atoms with E-state index in [1.807, 2.05) is 0 Å². The number of nitrogens with two attached hydrogens (primary N) is 2. The van der Waals surface area contributed by atoms with Crippen molar-refractivity contribution in [3.8, 4) is 0 Å². The Morgan fingerprint density at radius 1 is 1.50 bits per heavy atom. The van der Waals surface area contributed by atoms with Gasteiger partial charge in [0.2, 0.25) is 0 Å². The molecule has 0 aromatic rings. The van der Waals surface area contributed by atoms with Crippen LogP contribution in [0.1, 0.15) is 12.8 Å². The van der Waals surface area contributed by atoms with Crippen LogP contribution >= 0.6 is 0 Å². The predicted molar refractivity (Wildman–Crippen MR) is 68.2 cm³/mol. The molecule has 0 spiro atoms. The highest BCUT2D eigenvalue weighted by atomic mass is 28.4. The molecule has 0 aliphatic rings. The van der Waals surface area contributed by atoms with Crippen LogP contribution in [0.2, 0.25) is 0 Å². The predicted octanol–water partition coefficient (Wildman–Crippen LogP) is -4.64. The normalized spacial score (nSPS) is 12.2. The van der Waals surface area contributed by atoms with Crippen LogP contribution in [-0.2, 0) is 8.91 Å². The van der Waals surface area contributed by atoms with Gasteiger partial charge in [0.05, 0.1) is 0 Å². The van der Waals surface area contributed by atoms with Crippen molar-refractivity contribution in [2.75, 3.05) is 6.54 Å². The largest absolute Gasteiger partial charge is 0.660 e. The van der Waals surface area contributed by atoms with Crippen LogP contribution in [0.25, 0.3) is 0 Å². The zero-order valence-electron chi connectivity index (χ0n) is 9.96. The van der Waals surface area contributed by atoms with Gasteiger partial charge in [-0.05, 0) is 12.8 Å². The highest BCUT2D eigenvalue weighted by Gasteiger charge is 2.26. The molecule has 108 valence electrons. The van der Waals surface area contributed by atoms with Gasteiger partial charge in [0.25, 0.3) is 0 Å². The molecule has 0 aromatic heterocycles. The van der Waals surface area contributed by atoms with E-state index in [1.165, 1.54) is 0 Å². The Labute approximate surface area is 108 Å². The van der Waals surface area contributed by atoms with Gasteiger partial charge in [0.15, 0.2) is 5.96 Å². The molecular formula is C6H20N4O6Si2. The number of rotatable bonds is 6. The molecule has 0 aliphatic heterocycles. The minimum Gasteiger partial charge on any atom is -0.480 e. The lowest BCUT2D eigenvalue weighted by Gasteiger charge is -2.06. The van der Waals surface area contributed by atoms with Crippen LogP contribution in [0.5, 0.6) is 0 Å². The Kier molecular flexibility index (Phi) is 10.7. The molecule has 0 radical (unpaired) electrons. The molecule has 0 aromatic carbocycles. The van der Waals surface area contributed by atoms with E-state index in [4.69, 9.17) is 36.4 Å². The maximum atomic E-state index is 10.2. The lowest BCUT2D eigenvalue weighted by Crippen LogP contribution is -2.37. The average molecular weight is 300 g/mol. The van der Waals surface area contributed by atoms with Gasteiger partial charge in [-0.25, -0.2) is 0 Å². The van der Waals surface area contributed by atoms with Gasteiger partial charge in [-0.1, -0.05) is 0 Å².